The number of aromatic amines is 1. The van der Waals surface area contributed by atoms with E-state index in [1.165, 1.54) is 16.2 Å². The first-order chi connectivity index (χ1) is 12.7. The maximum Gasteiger partial charge on any atom is 0.273 e. The third-order valence-electron chi connectivity index (χ3n) is 3.85. The van der Waals surface area contributed by atoms with Crippen LogP contribution in [0, 0.1) is 5.41 Å². The number of hydrogen-bond acceptors (Lipinski definition) is 7. The van der Waals surface area contributed by atoms with E-state index in [2.05, 4.69) is 20.5 Å². The fourth-order valence-electron chi connectivity index (χ4n) is 2.57. The molecule has 3 heterocycles. The fraction of sp³-hybridized carbons (Fsp3) is 0.0588. The molecule has 2 aromatic heterocycles. The number of amides is 1. The van der Waals surface area contributed by atoms with Gasteiger partial charge >= 0.3 is 0 Å². The van der Waals surface area contributed by atoms with E-state index in [0.29, 0.717) is 10.0 Å². The van der Waals surface area contributed by atoms with E-state index in [-0.39, 0.29) is 11.1 Å². The average Bonchev–Trinajstić information content (AvgIpc) is 3.38. The van der Waals surface area contributed by atoms with Gasteiger partial charge in [0.1, 0.15) is 0 Å². The molecule has 0 unspecified atom stereocenters. The first-order valence-corrected chi connectivity index (χ1v) is 9.40. The van der Waals surface area contributed by atoms with Gasteiger partial charge in [0.2, 0.25) is 0 Å². The number of anilines is 2. The highest BCUT2D eigenvalue weighted by Gasteiger charge is 2.35. The lowest BCUT2D eigenvalue weighted by Gasteiger charge is -2.08. The SMILES string of the molecule is CNc1ccc(-c2[nH]ncc2/C=C2\SC(=N)N(c3nccs3)C2=O)cc1. The monoisotopic (exact) mass is 382 g/mol. The zero-order valence-corrected chi connectivity index (χ0v) is 15.3. The van der Waals surface area contributed by atoms with Crippen LogP contribution < -0.4 is 10.2 Å². The molecule has 0 atom stereocenters. The second kappa shape index (κ2) is 6.77. The Bertz CT molecular complexity index is 991. The number of thiazole rings is 1. The summed E-state index contributed by atoms with van der Waals surface area (Å²) in [5, 5.41) is 20.7. The van der Waals surface area contributed by atoms with Crippen LogP contribution >= 0.6 is 23.1 Å². The Labute approximate surface area is 157 Å². The highest BCUT2D eigenvalue weighted by Crippen LogP contribution is 2.37. The quantitative estimate of drug-likeness (QED) is 0.599. The van der Waals surface area contributed by atoms with Gasteiger partial charge in [0.05, 0.1) is 16.8 Å². The Morgan fingerprint density at radius 2 is 2.12 bits per heavy atom. The highest BCUT2D eigenvalue weighted by molar-refractivity contribution is 8.19. The molecule has 1 aliphatic rings. The van der Waals surface area contributed by atoms with E-state index in [1.54, 1.807) is 23.8 Å². The maximum absolute atomic E-state index is 12.7. The first-order valence-electron chi connectivity index (χ1n) is 7.71. The van der Waals surface area contributed by atoms with Crippen LogP contribution in [0.4, 0.5) is 10.8 Å². The van der Waals surface area contributed by atoms with Gasteiger partial charge in [0, 0.05) is 35.4 Å². The Morgan fingerprint density at radius 3 is 2.81 bits per heavy atom. The zero-order valence-electron chi connectivity index (χ0n) is 13.7. The summed E-state index contributed by atoms with van der Waals surface area (Å²) in [6.07, 6.45) is 5.06. The van der Waals surface area contributed by atoms with E-state index in [1.807, 2.05) is 31.3 Å². The van der Waals surface area contributed by atoms with Crippen LogP contribution in [0.25, 0.3) is 17.3 Å². The van der Waals surface area contributed by atoms with Crippen LogP contribution in [0.15, 0.2) is 46.9 Å². The van der Waals surface area contributed by atoms with Crippen LogP contribution in [0.1, 0.15) is 5.56 Å². The largest absolute Gasteiger partial charge is 0.388 e. The van der Waals surface area contributed by atoms with Crippen LogP contribution in [0.2, 0.25) is 0 Å². The number of benzene rings is 1. The summed E-state index contributed by atoms with van der Waals surface area (Å²) in [5.74, 6) is -0.243. The van der Waals surface area contributed by atoms with Crippen molar-refractivity contribution in [2.75, 3.05) is 17.3 Å². The molecular weight excluding hydrogens is 368 g/mol. The van der Waals surface area contributed by atoms with Crippen LogP contribution in [0.5, 0.6) is 0 Å². The molecule has 1 aliphatic heterocycles. The summed E-state index contributed by atoms with van der Waals surface area (Å²) in [6, 6.07) is 7.91. The summed E-state index contributed by atoms with van der Waals surface area (Å²) < 4.78 is 0. The van der Waals surface area contributed by atoms with Crippen molar-refractivity contribution in [2.45, 2.75) is 0 Å². The molecule has 1 fully saturated rings. The van der Waals surface area contributed by atoms with E-state index < -0.39 is 0 Å². The fourth-order valence-corrected chi connectivity index (χ4v) is 4.10. The second-order valence-corrected chi connectivity index (χ2v) is 7.30. The summed E-state index contributed by atoms with van der Waals surface area (Å²) >= 11 is 2.45. The topological polar surface area (TPSA) is 97.8 Å². The van der Waals surface area contributed by atoms with Crippen molar-refractivity contribution in [1.82, 2.24) is 15.2 Å². The lowest BCUT2D eigenvalue weighted by atomic mass is 10.1. The average molecular weight is 382 g/mol. The number of nitrogens with one attached hydrogen (secondary N) is 3. The molecule has 26 heavy (non-hydrogen) atoms. The van der Waals surface area contributed by atoms with E-state index in [9.17, 15) is 4.79 Å². The molecule has 3 aromatic rings. The molecule has 9 heteroatoms. The predicted molar refractivity (Wildman–Crippen MR) is 106 cm³/mol. The van der Waals surface area contributed by atoms with Gasteiger partial charge in [-0.1, -0.05) is 12.1 Å². The molecule has 4 rings (SSSR count). The molecule has 0 saturated carbocycles. The normalized spacial score (nSPS) is 15.9. The number of rotatable bonds is 4. The summed E-state index contributed by atoms with van der Waals surface area (Å²) in [7, 11) is 1.87. The number of carbonyl (C=O) groups is 1. The number of amidine groups is 1. The maximum atomic E-state index is 12.7. The number of H-pyrrole nitrogens is 1. The van der Waals surface area contributed by atoms with Gasteiger partial charge in [-0.15, -0.1) is 11.3 Å². The van der Waals surface area contributed by atoms with Gasteiger partial charge in [-0.3, -0.25) is 15.3 Å². The smallest absolute Gasteiger partial charge is 0.273 e. The lowest BCUT2D eigenvalue weighted by Crippen LogP contribution is -2.27. The number of hydrogen-bond donors (Lipinski definition) is 3. The summed E-state index contributed by atoms with van der Waals surface area (Å²) in [5.41, 5.74) is 3.61. The molecule has 130 valence electrons. The first kappa shape index (κ1) is 16.6. The molecule has 7 nitrogen and oxygen atoms in total. The van der Waals surface area contributed by atoms with Gasteiger partial charge in [-0.25, -0.2) is 9.88 Å². The van der Waals surface area contributed by atoms with E-state index in [0.717, 1.165) is 34.3 Å². The Kier molecular flexibility index (Phi) is 4.31. The van der Waals surface area contributed by atoms with Gasteiger partial charge < -0.3 is 5.32 Å². The van der Waals surface area contributed by atoms with E-state index >= 15 is 0 Å². The predicted octanol–water partition coefficient (Wildman–Crippen LogP) is 3.63. The van der Waals surface area contributed by atoms with Crippen molar-refractivity contribution >= 4 is 51.1 Å². The number of thioether (sulfide) groups is 1. The second-order valence-electron chi connectivity index (χ2n) is 5.40. The molecule has 1 saturated heterocycles. The van der Waals surface area contributed by atoms with Crippen molar-refractivity contribution in [3.8, 4) is 11.3 Å². The van der Waals surface area contributed by atoms with Crippen LogP contribution in [-0.4, -0.2) is 33.3 Å². The molecule has 1 amide bonds. The molecule has 0 radical (unpaired) electrons. The van der Waals surface area contributed by atoms with Crippen molar-refractivity contribution in [2.24, 2.45) is 0 Å². The van der Waals surface area contributed by atoms with Crippen LogP contribution in [-0.2, 0) is 4.79 Å². The minimum atomic E-state index is -0.243. The minimum absolute atomic E-state index is 0.152. The third-order valence-corrected chi connectivity index (χ3v) is 5.50. The Hall–Kier alpha value is -2.91. The minimum Gasteiger partial charge on any atom is -0.388 e. The summed E-state index contributed by atoms with van der Waals surface area (Å²) in [4.78, 5) is 18.6. The molecule has 3 N–H and O–H groups in total. The number of carbonyl (C=O) groups excluding carboxylic acids is 1. The zero-order chi connectivity index (χ0) is 18.1. The third kappa shape index (κ3) is 2.91. The van der Waals surface area contributed by atoms with Crippen molar-refractivity contribution in [3.05, 3.63) is 52.5 Å². The van der Waals surface area contributed by atoms with Crippen molar-refractivity contribution in [3.63, 3.8) is 0 Å². The highest BCUT2D eigenvalue weighted by atomic mass is 32.2. The van der Waals surface area contributed by atoms with E-state index in [4.69, 9.17) is 5.41 Å². The lowest BCUT2D eigenvalue weighted by molar-refractivity contribution is -0.113. The van der Waals surface area contributed by atoms with Crippen molar-refractivity contribution < 1.29 is 4.79 Å². The van der Waals surface area contributed by atoms with Crippen molar-refractivity contribution in [1.29, 1.82) is 5.41 Å². The number of nitrogens with zero attached hydrogens (tertiary/aromatic N) is 3. The molecule has 1 aromatic carbocycles. The molecule has 0 bridgehead atoms. The van der Waals surface area contributed by atoms with Crippen LogP contribution in [0.3, 0.4) is 0 Å². The van der Waals surface area contributed by atoms with Gasteiger partial charge in [-0.2, -0.15) is 5.10 Å². The standard InChI is InChI=1S/C17H14N6OS2/c1-19-12-4-2-10(3-5-12)14-11(9-21-22-14)8-13-15(24)23(16(18)26-13)17-20-6-7-25-17/h2-9,18-19H,1H3,(H,21,22)/b13-8-,18-16?. The van der Waals surface area contributed by atoms with Gasteiger partial charge in [0.15, 0.2) is 10.3 Å². The molecule has 0 aliphatic carbocycles. The van der Waals surface area contributed by atoms with Gasteiger partial charge in [-0.05, 0) is 30.0 Å². The molecular formula is C17H14N6OS2. The molecule has 0 spiro atoms. The summed E-state index contributed by atoms with van der Waals surface area (Å²) in [6.45, 7) is 0. The Morgan fingerprint density at radius 1 is 1.31 bits per heavy atom. The number of aromatic nitrogens is 3. The Balaban J connectivity index is 1.66. The van der Waals surface area contributed by atoms with Gasteiger partial charge in [0.25, 0.3) is 5.91 Å².